The second-order valence-electron chi connectivity index (χ2n) is 5.14. The number of likely N-dealkylation sites (N-methyl/N-ethyl adjacent to an activating group) is 1. The summed E-state index contributed by atoms with van der Waals surface area (Å²) in [5.74, 6) is -0.0432. The Bertz CT molecular complexity index is 536. The summed E-state index contributed by atoms with van der Waals surface area (Å²) in [5.41, 5.74) is 2.00. The Morgan fingerprint density at radius 1 is 1.25 bits per heavy atom. The van der Waals surface area contributed by atoms with E-state index in [0.29, 0.717) is 13.1 Å². The summed E-state index contributed by atoms with van der Waals surface area (Å²) in [4.78, 5) is 27.7. The SMILES string of the molecule is CN1CCN(C(=O)C2CNC(=O)CN2)c2ccccc21. The quantitative estimate of drug-likeness (QED) is 0.728. The topological polar surface area (TPSA) is 64.7 Å². The van der Waals surface area contributed by atoms with Crippen LogP contribution in [0, 0.1) is 0 Å². The predicted octanol–water partition coefficient (Wildman–Crippen LogP) is -0.443. The van der Waals surface area contributed by atoms with Crippen LogP contribution < -0.4 is 20.4 Å². The van der Waals surface area contributed by atoms with Crippen molar-refractivity contribution in [3.8, 4) is 0 Å². The Labute approximate surface area is 117 Å². The number of fused-ring (bicyclic) bond motifs is 1. The third-order valence-corrected chi connectivity index (χ3v) is 3.82. The van der Waals surface area contributed by atoms with Crippen molar-refractivity contribution in [1.82, 2.24) is 10.6 Å². The van der Waals surface area contributed by atoms with Gasteiger partial charge in [-0.15, -0.1) is 0 Å². The number of piperazine rings is 1. The molecular formula is C14H18N4O2. The van der Waals surface area contributed by atoms with Crippen LogP contribution in [-0.2, 0) is 9.59 Å². The van der Waals surface area contributed by atoms with E-state index < -0.39 is 0 Å². The van der Waals surface area contributed by atoms with Crippen molar-refractivity contribution in [2.24, 2.45) is 0 Å². The number of hydrogen-bond acceptors (Lipinski definition) is 4. The highest BCUT2D eigenvalue weighted by Gasteiger charge is 2.31. The van der Waals surface area contributed by atoms with Gasteiger partial charge in [0.05, 0.1) is 17.9 Å². The zero-order valence-electron chi connectivity index (χ0n) is 11.4. The number of rotatable bonds is 1. The lowest BCUT2D eigenvalue weighted by Gasteiger charge is -2.38. The van der Waals surface area contributed by atoms with Crippen LogP contribution in [-0.4, -0.2) is 51.1 Å². The Morgan fingerprint density at radius 2 is 2.00 bits per heavy atom. The molecule has 1 aromatic rings. The fraction of sp³-hybridized carbons (Fsp3) is 0.429. The fourth-order valence-electron chi connectivity index (χ4n) is 2.66. The smallest absolute Gasteiger partial charge is 0.246 e. The van der Waals surface area contributed by atoms with Gasteiger partial charge in [-0.25, -0.2) is 0 Å². The molecular weight excluding hydrogens is 256 g/mol. The molecule has 3 rings (SSSR count). The Kier molecular flexibility index (Phi) is 3.31. The number of anilines is 2. The lowest BCUT2D eigenvalue weighted by Crippen LogP contribution is -2.60. The molecule has 0 saturated carbocycles. The van der Waals surface area contributed by atoms with Crippen molar-refractivity contribution >= 4 is 23.2 Å². The number of carbonyl (C=O) groups is 2. The van der Waals surface area contributed by atoms with Crippen molar-refractivity contribution < 1.29 is 9.59 Å². The predicted molar refractivity (Wildman–Crippen MR) is 76.9 cm³/mol. The summed E-state index contributed by atoms with van der Waals surface area (Å²) in [6.45, 7) is 2.03. The minimum atomic E-state index is -0.343. The van der Waals surface area contributed by atoms with Gasteiger partial charge in [-0.05, 0) is 12.1 Å². The van der Waals surface area contributed by atoms with E-state index in [0.717, 1.165) is 17.9 Å². The average Bonchev–Trinajstić information content (AvgIpc) is 2.48. The highest BCUT2D eigenvalue weighted by Crippen LogP contribution is 2.32. The molecule has 2 heterocycles. The van der Waals surface area contributed by atoms with E-state index in [9.17, 15) is 9.59 Å². The van der Waals surface area contributed by atoms with Gasteiger partial charge in [-0.1, -0.05) is 12.1 Å². The fourth-order valence-corrected chi connectivity index (χ4v) is 2.66. The Hall–Kier alpha value is -2.08. The Balaban J connectivity index is 1.82. The zero-order valence-corrected chi connectivity index (χ0v) is 11.4. The summed E-state index contributed by atoms with van der Waals surface area (Å²) in [5, 5.41) is 5.72. The van der Waals surface area contributed by atoms with E-state index in [2.05, 4.69) is 15.5 Å². The van der Waals surface area contributed by atoms with E-state index in [1.807, 2.05) is 36.2 Å². The normalized spacial score (nSPS) is 22.2. The molecule has 1 saturated heterocycles. The molecule has 2 aliphatic heterocycles. The highest BCUT2D eigenvalue weighted by molar-refractivity contribution is 6.01. The lowest BCUT2D eigenvalue weighted by molar-refractivity contribution is -0.125. The molecule has 6 heteroatoms. The van der Waals surface area contributed by atoms with Gasteiger partial charge >= 0.3 is 0 Å². The number of nitrogens with zero attached hydrogens (tertiary/aromatic N) is 2. The van der Waals surface area contributed by atoms with Crippen LogP contribution in [0.25, 0.3) is 0 Å². The van der Waals surface area contributed by atoms with Gasteiger partial charge in [0.2, 0.25) is 11.8 Å². The molecule has 1 fully saturated rings. The van der Waals surface area contributed by atoms with Crippen LogP contribution in [0.2, 0.25) is 0 Å². The van der Waals surface area contributed by atoms with Gasteiger partial charge in [-0.2, -0.15) is 0 Å². The maximum Gasteiger partial charge on any atom is 0.246 e. The molecule has 2 amide bonds. The van der Waals surface area contributed by atoms with Crippen molar-refractivity contribution in [3.05, 3.63) is 24.3 Å². The second kappa shape index (κ2) is 5.13. The van der Waals surface area contributed by atoms with Crippen molar-refractivity contribution in [3.63, 3.8) is 0 Å². The first kappa shape index (κ1) is 12.9. The van der Waals surface area contributed by atoms with Crippen LogP contribution >= 0.6 is 0 Å². The minimum Gasteiger partial charge on any atom is -0.371 e. The van der Waals surface area contributed by atoms with Crippen LogP contribution in [0.5, 0.6) is 0 Å². The molecule has 2 aliphatic rings. The van der Waals surface area contributed by atoms with Gasteiger partial charge in [-0.3, -0.25) is 14.9 Å². The van der Waals surface area contributed by atoms with Crippen molar-refractivity contribution in [2.45, 2.75) is 6.04 Å². The summed E-state index contributed by atoms with van der Waals surface area (Å²) in [6, 6.07) is 7.55. The third kappa shape index (κ3) is 2.22. The van der Waals surface area contributed by atoms with E-state index in [-0.39, 0.29) is 24.4 Å². The van der Waals surface area contributed by atoms with Crippen LogP contribution in [0.4, 0.5) is 11.4 Å². The van der Waals surface area contributed by atoms with E-state index in [1.54, 1.807) is 0 Å². The summed E-state index contributed by atoms with van der Waals surface area (Å²) in [6.07, 6.45) is 0. The molecule has 1 atom stereocenters. The summed E-state index contributed by atoms with van der Waals surface area (Å²) < 4.78 is 0. The van der Waals surface area contributed by atoms with Crippen LogP contribution in [0.1, 0.15) is 0 Å². The number of carbonyl (C=O) groups excluding carboxylic acids is 2. The highest BCUT2D eigenvalue weighted by atomic mass is 16.2. The molecule has 20 heavy (non-hydrogen) atoms. The molecule has 0 spiro atoms. The number of nitrogens with one attached hydrogen (secondary N) is 2. The number of para-hydroxylation sites is 2. The third-order valence-electron chi connectivity index (χ3n) is 3.82. The number of hydrogen-bond donors (Lipinski definition) is 2. The first-order chi connectivity index (χ1) is 9.66. The van der Waals surface area contributed by atoms with Crippen LogP contribution in [0.3, 0.4) is 0 Å². The molecule has 0 radical (unpaired) electrons. The van der Waals surface area contributed by atoms with Gasteiger partial charge in [0.15, 0.2) is 0 Å². The van der Waals surface area contributed by atoms with Crippen LogP contribution in [0.15, 0.2) is 24.3 Å². The summed E-state index contributed by atoms with van der Waals surface area (Å²) in [7, 11) is 2.03. The molecule has 0 aromatic heterocycles. The molecule has 2 N–H and O–H groups in total. The molecule has 1 aromatic carbocycles. The minimum absolute atomic E-state index is 0.0190. The monoisotopic (exact) mass is 274 g/mol. The maximum atomic E-state index is 12.6. The first-order valence-corrected chi connectivity index (χ1v) is 6.78. The van der Waals surface area contributed by atoms with Gasteiger partial charge in [0.1, 0.15) is 6.04 Å². The van der Waals surface area contributed by atoms with E-state index in [1.165, 1.54) is 0 Å². The standard InChI is InChI=1S/C14H18N4O2/c1-17-6-7-18(12-5-3-2-4-11(12)17)14(20)10-8-16-13(19)9-15-10/h2-5,10,15H,6-9H2,1H3,(H,16,19). The second-order valence-corrected chi connectivity index (χ2v) is 5.14. The van der Waals surface area contributed by atoms with Gasteiger partial charge in [0.25, 0.3) is 0 Å². The van der Waals surface area contributed by atoms with E-state index in [4.69, 9.17) is 0 Å². The molecule has 106 valence electrons. The Morgan fingerprint density at radius 3 is 2.70 bits per heavy atom. The first-order valence-electron chi connectivity index (χ1n) is 6.78. The number of amides is 2. The van der Waals surface area contributed by atoms with Gasteiger partial charge in [0, 0.05) is 26.7 Å². The molecule has 1 unspecified atom stereocenters. The lowest BCUT2D eigenvalue weighted by atomic mass is 10.1. The maximum absolute atomic E-state index is 12.6. The molecule has 0 aliphatic carbocycles. The summed E-state index contributed by atoms with van der Waals surface area (Å²) >= 11 is 0. The van der Waals surface area contributed by atoms with Crippen molar-refractivity contribution in [2.75, 3.05) is 43.0 Å². The molecule has 6 nitrogen and oxygen atoms in total. The van der Waals surface area contributed by atoms with E-state index >= 15 is 0 Å². The average molecular weight is 274 g/mol. The molecule has 0 bridgehead atoms. The number of benzene rings is 1. The largest absolute Gasteiger partial charge is 0.371 e. The zero-order chi connectivity index (χ0) is 14.1. The van der Waals surface area contributed by atoms with Gasteiger partial charge < -0.3 is 15.1 Å². The van der Waals surface area contributed by atoms with Crippen molar-refractivity contribution in [1.29, 1.82) is 0 Å².